The molecular weight excluding hydrogens is 396 g/mol. The molecule has 32 heavy (non-hydrogen) atoms. The molecule has 2 fully saturated rings. The number of hydrogen-bond acceptors (Lipinski definition) is 2. The maximum Gasteiger partial charge on any atom is 0.223 e. The van der Waals surface area contributed by atoms with E-state index in [4.69, 9.17) is 0 Å². The number of carbonyl (C=O) groups excluding carboxylic acids is 2. The zero-order valence-electron chi connectivity index (χ0n) is 19.1. The lowest BCUT2D eigenvalue weighted by Gasteiger charge is -2.33. The van der Waals surface area contributed by atoms with Gasteiger partial charge in [0.05, 0.1) is 0 Å². The van der Waals surface area contributed by atoms with Crippen LogP contribution in [0.4, 0.5) is 0 Å². The van der Waals surface area contributed by atoms with E-state index in [0.717, 1.165) is 64.7 Å². The first-order valence-electron chi connectivity index (χ1n) is 12.3. The van der Waals surface area contributed by atoms with Crippen LogP contribution in [0.1, 0.15) is 49.7 Å². The van der Waals surface area contributed by atoms with Crippen LogP contribution in [0, 0.1) is 11.8 Å². The summed E-state index contributed by atoms with van der Waals surface area (Å²) in [5.74, 6) is 1.60. The number of nitrogens with zero attached hydrogens (tertiary/aromatic N) is 2. The van der Waals surface area contributed by atoms with Crippen molar-refractivity contribution in [2.24, 2.45) is 11.8 Å². The number of benzene rings is 2. The van der Waals surface area contributed by atoms with Crippen LogP contribution in [0.2, 0.25) is 0 Å². The lowest BCUT2D eigenvalue weighted by molar-refractivity contribution is -0.138. The van der Waals surface area contributed by atoms with Crippen LogP contribution in [-0.2, 0) is 22.4 Å². The maximum absolute atomic E-state index is 12.7. The smallest absolute Gasteiger partial charge is 0.223 e. The maximum atomic E-state index is 12.7. The number of amides is 2. The molecule has 0 spiro atoms. The standard InChI is InChI=1S/C28H36N2O2/c31-27(29-17-13-25(14-18-29)21-23-7-3-1-4-8-23)11-12-28(32)30-19-15-26(16-20-30)22-24-9-5-2-6-10-24/h1-10,25-26H,11-22H2. The first-order chi connectivity index (χ1) is 15.7. The summed E-state index contributed by atoms with van der Waals surface area (Å²) in [4.78, 5) is 29.3. The molecule has 4 heteroatoms. The average Bonchev–Trinajstić information content (AvgIpc) is 2.84. The van der Waals surface area contributed by atoms with Crippen molar-refractivity contribution >= 4 is 11.8 Å². The van der Waals surface area contributed by atoms with Gasteiger partial charge in [-0.2, -0.15) is 0 Å². The van der Waals surface area contributed by atoms with Gasteiger partial charge in [-0.3, -0.25) is 9.59 Å². The van der Waals surface area contributed by atoms with Gasteiger partial charge in [0.2, 0.25) is 11.8 Å². The van der Waals surface area contributed by atoms with Crippen molar-refractivity contribution < 1.29 is 9.59 Å². The van der Waals surface area contributed by atoms with Crippen molar-refractivity contribution in [3.05, 3.63) is 71.8 Å². The van der Waals surface area contributed by atoms with E-state index < -0.39 is 0 Å². The molecule has 0 aromatic heterocycles. The van der Waals surface area contributed by atoms with Crippen LogP contribution < -0.4 is 0 Å². The average molecular weight is 433 g/mol. The third kappa shape index (κ3) is 6.44. The number of carbonyl (C=O) groups is 2. The van der Waals surface area contributed by atoms with E-state index in [-0.39, 0.29) is 11.8 Å². The SMILES string of the molecule is O=C(CCC(=O)N1CCC(Cc2ccccc2)CC1)N1CCC(Cc2ccccc2)CC1. The van der Waals surface area contributed by atoms with E-state index >= 15 is 0 Å². The Morgan fingerprint density at radius 2 is 0.938 bits per heavy atom. The second-order valence-corrected chi connectivity index (χ2v) is 9.53. The molecule has 170 valence electrons. The van der Waals surface area contributed by atoms with Gasteiger partial charge in [-0.15, -0.1) is 0 Å². The van der Waals surface area contributed by atoms with Gasteiger partial charge >= 0.3 is 0 Å². The highest BCUT2D eigenvalue weighted by Crippen LogP contribution is 2.24. The van der Waals surface area contributed by atoms with Crippen molar-refractivity contribution in [1.82, 2.24) is 9.80 Å². The quantitative estimate of drug-likeness (QED) is 0.635. The summed E-state index contributed by atoms with van der Waals surface area (Å²) < 4.78 is 0. The highest BCUT2D eigenvalue weighted by atomic mass is 16.2. The van der Waals surface area contributed by atoms with Crippen LogP contribution >= 0.6 is 0 Å². The van der Waals surface area contributed by atoms with Crippen LogP contribution in [0.25, 0.3) is 0 Å². The Balaban J connectivity index is 1.13. The molecule has 4 rings (SSSR count). The van der Waals surface area contributed by atoms with Gasteiger partial charge in [-0.25, -0.2) is 0 Å². The van der Waals surface area contributed by atoms with E-state index in [1.54, 1.807) is 0 Å². The molecule has 2 aromatic rings. The van der Waals surface area contributed by atoms with Gasteiger partial charge in [-0.05, 0) is 61.5 Å². The molecule has 0 radical (unpaired) electrons. The summed E-state index contributed by atoms with van der Waals surface area (Å²) in [7, 11) is 0. The summed E-state index contributed by atoms with van der Waals surface area (Å²) in [6, 6.07) is 21.2. The number of rotatable bonds is 7. The fourth-order valence-corrected chi connectivity index (χ4v) is 5.20. The van der Waals surface area contributed by atoms with Crippen molar-refractivity contribution in [1.29, 1.82) is 0 Å². The van der Waals surface area contributed by atoms with E-state index in [0.29, 0.717) is 24.7 Å². The molecule has 0 aliphatic carbocycles. The predicted octanol–water partition coefficient (Wildman–Crippen LogP) is 4.73. The highest BCUT2D eigenvalue weighted by Gasteiger charge is 2.26. The Hall–Kier alpha value is -2.62. The minimum Gasteiger partial charge on any atom is -0.343 e. The molecule has 4 nitrogen and oxygen atoms in total. The van der Waals surface area contributed by atoms with E-state index in [2.05, 4.69) is 60.7 Å². The summed E-state index contributed by atoms with van der Waals surface area (Å²) >= 11 is 0. The first-order valence-corrected chi connectivity index (χ1v) is 12.3. The minimum absolute atomic E-state index is 0.149. The Kier molecular flexibility index (Phi) is 7.97. The fraction of sp³-hybridized carbons (Fsp3) is 0.500. The molecule has 2 saturated heterocycles. The lowest BCUT2D eigenvalue weighted by atomic mass is 9.90. The van der Waals surface area contributed by atoms with Crippen LogP contribution in [0.15, 0.2) is 60.7 Å². The largest absolute Gasteiger partial charge is 0.343 e. The zero-order valence-corrected chi connectivity index (χ0v) is 19.1. The molecule has 0 saturated carbocycles. The normalized spacial score (nSPS) is 18.0. The predicted molar refractivity (Wildman–Crippen MR) is 128 cm³/mol. The highest BCUT2D eigenvalue weighted by molar-refractivity contribution is 5.84. The van der Waals surface area contributed by atoms with E-state index in [1.807, 2.05) is 9.80 Å². The van der Waals surface area contributed by atoms with Crippen LogP contribution in [-0.4, -0.2) is 47.8 Å². The van der Waals surface area contributed by atoms with Gasteiger partial charge in [0.25, 0.3) is 0 Å². The number of likely N-dealkylation sites (tertiary alicyclic amines) is 2. The Morgan fingerprint density at radius 1 is 0.594 bits per heavy atom. The summed E-state index contributed by atoms with van der Waals surface area (Å²) in [5.41, 5.74) is 2.77. The Bertz CT molecular complexity index is 778. The van der Waals surface area contributed by atoms with Crippen molar-refractivity contribution in [3.8, 4) is 0 Å². The molecule has 2 amide bonds. The van der Waals surface area contributed by atoms with E-state index in [1.165, 1.54) is 11.1 Å². The summed E-state index contributed by atoms with van der Waals surface area (Å²) in [6.45, 7) is 3.32. The molecule has 0 unspecified atom stereocenters. The molecule has 0 N–H and O–H groups in total. The molecular formula is C28H36N2O2. The Labute approximate surface area is 192 Å². The number of piperidine rings is 2. The summed E-state index contributed by atoms with van der Waals surface area (Å²) in [6.07, 6.45) is 7.14. The monoisotopic (exact) mass is 432 g/mol. The van der Waals surface area contributed by atoms with Crippen molar-refractivity contribution in [2.75, 3.05) is 26.2 Å². The van der Waals surface area contributed by atoms with Crippen molar-refractivity contribution in [2.45, 2.75) is 51.4 Å². The van der Waals surface area contributed by atoms with Crippen LogP contribution in [0.5, 0.6) is 0 Å². The second-order valence-electron chi connectivity index (χ2n) is 9.53. The fourth-order valence-electron chi connectivity index (χ4n) is 5.20. The molecule has 2 aliphatic heterocycles. The van der Waals surface area contributed by atoms with Gasteiger partial charge < -0.3 is 9.80 Å². The minimum atomic E-state index is 0.149. The Morgan fingerprint density at radius 3 is 1.28 bits per heavy atom. The second kappa shape index (κ2) is 11.3. The van der Waals surface area contributed by atoms with Crippen molar-refractivity contribution in [3.63, 3.8) is 0 Å². The van der Waals surface area contributed by atoms with Gasteiger partial charge in [-0.1, -0.05) is 60.7 Å². The molecule has 2 aromatic carbocycles. The molecule has 0 bridgehead atoms. The van der Waals surface area contributed by atoms with E-state index in [9.17, 15) is 9.59 Å². The number of hydrogen-bond donors (Lipinski definition) is 0. The first kappa shape index (κ1) is 22.6. The van der Waals surface area contributed by atoms with Gasteiger partial charge in [0, 0.05) is 39.0 Å². The third-order valence-corrected chi connectivity index (χ3v) is 7.22. The zero-order chi connectivity index (χ0) is 22.2. The van der Waals surface area contributed by atoms with Gasteiger partial charge in [0.1, 0.15) is 0 Å². The molecule has 2 aliphatic rings. The van der Waals surface area contributed by atoms with Crippen LogP contribution in [0.3, 0.4) is 0 Å². The van der Waals surface area contributed by atoms with Gasteiger partial charge in [0.15, 0.2) is 0 Å². The lowest BCUT2D eigenvalue weighted by Crippen LogP contribution is -2.41. The third-order valence-electron chi connectivity index (χ3n) is 7.22. The summed E-state index contributed by atoms with van der Waals surface area (Å²) in [5, 5.41) is 0. The molecule has 2 heterocycles. The molecule has 0 atom stereocenters. The topological polar surface area (TPSA) is 40.6 Å².